The van der Waals surface area contributed by atoms with E-state index in [2.05, 4.69) is 15.2 Å². The summed E-state index contributed by atoms with van der Waals surface area (Å²) in [7, 11) is 1.55. The van der Waals surface area contributed by atoms with E-state index in [1.807, 2.05) is 6.07 Å². The lowest BCUT2D eigenvalue weighted by Gasteiger charge is -2.05. The van der Waals surface area contributed by atoms with Gasteiger partial charge in [0.15, 0.2) is 5.82 Å². The zero-order valence-corrected chi connectivity index (χ0v) is 9.82. The van der Waals surface area contributed by atoms with Crippen LogP contribution in [0.4, 0.5) is 0 Å². The van der Waals surface area contributed by atoms with Gasteiger partial charge < -0.3 is 4.74 Å². The summed E-state index contributed by atoms with van der Waals surface area (Å²) >= 11 is 5.87. The molecule has 0 radical (unpaired) electrons. The lowest BCUT2D eigenvalue weighted by molar-refractivity contribution is 0.416. The van der Waals surface area contributed by atoms with Crippen LogP contribution in [0.2, 0.25) is 5.02 Å². The van der Waals surface area contributed by atoms with E-state index in [0.717, 1.165) is 5.56 Å². The molecule has 0 aliphatic carbocycles. The van der Waals surface area contributed by atoms with Crippen LogP contribution >= 0.6 is 11.6 Å². The number of halogens is 1. The first-order chi connectivity index (χ1) is 8.24. The number of rotatable bonds is 3. The van der Waals surface area contributed by atoms with Crippen molar-refractivity contribution < 1.29 is 4.74 Å². The molecule has 6 heteroatoms. The third-order valence-electron chi connectivity index (χ3n) is 2.18. The van der Waals surface area contributed by atoms with Crippen LogP contribution in [0.25, 0.3) is 11.4 Å². The monoisotopic (exact) mass is 248 g/mol. The first-order valence-electron chi connectivity index (χ1n) is 4.86. The molecule has 5 nitrogen and oxygen atoms in total. The summed E-state index contributed by atoms with van der Waals surface area (Å²) in [5.74, 6) is 1.61. The molecule has 0 saturated carbocycles. The Hall–Kier alpha value is -2.06. The molecule has 0 atom stereocenters. The molecule has 1 aromatic heterocycles. The molecule has 0 saturated heterocycles. The molecule has 86 valence electrons. The quantitative estimate of drug-likeness (QED) is 0.904. The summed E-state index contributed by atoms with van der Waals surface area (Å²) in [4.78, 5) is 4.20. The number of aromatic amines is 1. The van der Waals surface area contributed by atoms with Gasteiger partial charge in [-0.05, 0) is 18.2 Å². The summed E-state index contributed by atoms with van der Waals surface area (Å²) in [6, 6.07) is 7.21. The normalized spacial score (nSPS) is 9.94. The van der Waals surface area contributed by atoms with Gasteiger partial charge in [-0.3, -0.25) is 5.10 Å². The minimum atomic E-state index is 0.197. The predicted octanol–water partition coefficient (Wildman–Crippen LogP) is 2.20. The number of nitriles is 1. The van der Waals surface area contributed by atoms with Crippen molar-refractivity contribution in [3.63, 3.8) is 0 Å². The second kappa shape index (κ2) is 4.85. The fourth-order valence-electron chi connectivity index (χ4n) is 1.42. The molecule has 2 rings (SSSR count). The van der Waals surface area contributed by atoms with E-state index in [-0.39, 0.29) is 6.42 Å². The average Bonchev–Trinajstić information content (AvgIpc) is 2.78. The molecule has 0 amide bonds. The van der Waals surface area contributed by atoms with Crippen molar-refractivity contribution in [2.75, 3.05) is 7.11 Å². The maximum Gasteiger partial charge on any atom is 0.184 e. The largest absolute Gasteiger partial charge is 0.496 e. The van der Waals surface area contributed by atoms with Crippen molar-refractivity contribution >= 4 is 11.6 Å². The Bertz CT molecular complexity index is 573. The third-order valence-corrected chi connectivity index (χ3v) is 2.42. The van der Waals surface area contributed by atoms with Gasteiger partial charge in [-0.25, -0.2) is 4.98 Å². The summed E-state index contributed by atoms with van der Waals surface area (Å²) in [6.45, 7) is 0. The molecule has 0 bridgehead atoms. The van der Waals surface area contributed by atoms with Crippen LogP contribution in [0, 0.1) is 11.3 Å². The van der Waals surface area contributed by atoms with E-state index in [0.29, 0.717) is 22.4 Å². The van der Waals surface area contributed by atoms with Crippen LogP contribution in [0.3, 0.4) is 0 Å². The number of benzene rings is 1. The van der Waals surface area contributed by atoms with Crippen LogP contribution in [-0.2, 0) is 6.42 Å². The van der Waals surface area contributed by atoms with Gasteiger partial charge in [-0.2, -0.15) is 10.4 Å². The number of nitrogens with zero attached hydrogens (tertiary/aromatic N) is 3. The van der Waals surface area contributed by atoms with Crippen molar-refractivity contribution in [2.24, 2.45) is 0 Å². The van der Waals surface area contributed by atoms with Gasteiger partial charge in [0.2, 0.25) is 0 Å². The van der Waals surface area contributed by atoms with E-state index < -0.39 is 0 Å². The van der Waals surface area contributed by atoms with Crippen molar-refractivity contribution in [2.45, 2.75) is 6.42 Å². The summed E-state index contributed by atoms with van der Waals surface area (Å²) in [5.41, 5.74) is 0.734. The van der Waals surface area contributed by atoms with Crippen LogP contribution in [-0.4, -0.2) is 22.3 Å². The lowest BCUT2D eigenvalue weighted by atomic mass is 10.2. The first-order valence-corrected chi connectivity index (χ1v) is 5.24. The summed E-state index contributed by atoms with van der Waals surface area (Å²) < 4.78 is 5.21. The van der Waals surface area contributed by atoms with Crippen LogP contribution in [0.15, 0.2) is 18.2 Å². The third kappa shape index (κ3) is 2.37. The molecule has 17 heavy (non-hydrogen) atoms. The molecule has 0 fully saturated rings. The van der Waals surface area contributed by atoms with Gasteiger partial charge in [-0.15, -0.1) is 0 Å². The number of hydrogen-bond donors (Lipinski definition) is 1. The van der Waals surface area contributed by atoms with Crippen molar-refractivity contribution in [3.8, 4) is 23.2 Å². The Morgan fingerprint density at radius 1 is 1.53 bits per heavy atom. The Labute approximate surface area is 103 Å². The van der Waals surface area contributed by atoms with E-state index in [4.69, 9.17) is 21.6 Å². The highest BCUT2D eigenvalue weighted by atomic mass is 35.5. The first kappa shape index (κ1) is 11.4. The van der Waals surface area contributed by atoms with Crippen molar-refractivity contribution in [1.82, 2.24) is 15.2 Å². The Kier molecular flexibility index (Phi) is 3.26. The SMILES string of the molecule is COc1cc(Cl)ccc1-c1n[nH]c(CC#N)n1. The fraction of sp³-hybridized carbons (Fsp3) is 0.182. The standard InChI is InChI=1S/C11H9ClN4O/c1-17-9-6-7(12)2-3-8(9)11-14-10(4-5-13)15-16-11/h2-3,6H,4H2,1H3,(H,14,15,16). The van der Waals surface area contributed by atoms with Gasteiger partial charge in [0.05, 0.1) is 25.2 Å². The number of H-pyrrole nitrogens is 1. The molecular formula is C11H9ClN4O. The van der Waals surface area contributed by atoms with Crippen LogP contribution in [0.5, 0.6) is 5.75 Å². The summed E-state index contributed by atoms with van der Waals surface area (Å²) in [5, 5.41) is 15.9. The highest BCUT2D eigenvalue weighted by Crippen LogP contribution is 2.30. The number of nitrogens with one attached hydrogen (secondary N) is 1. The number of aromatic nitrogens is 3. The van der Waals surface area contributed by atoms with Crippen LogP contribution < -0.4 is 4.74 Å². The fourth-order valence-corrected chi connectivity index (χ4v) is 1.58. The smallest absolute Gasteiger partial charge is 0.184 e. The van der Waals surface area contributed by atoms with Gasteiger partial charge >= 0.3 is 0 Å². The molecule has 1 aromatic carbocycles. The Morgan fingerprint density at radius 3 is 3.06 bits per heavy atom. The average molecular weight is 249 g/mol. The molecule has 0 unspecified atom stereocenters. The molecule has 1 N–H and O–H groups in total. The molecular weight excluding hydrogens is 240 g/mol. The number of hydrogen-bond acceptors (Lipinski definition) is 4. The minimum Gasteiger partial charge on any atom is -0.496 e. The van der Waals surface area contributed by atoms with E-state index in [1.54, 1.807) is 25.3 Å². The van der Waals surface area contributed by atoms with Gasteiger partial charge in [0.25, 0.3) is 0 Å². The maximum atomic E-state index is 8.56. The second-order valence-electron chi connectivity index (χ2n) is 3.29. The topological polar surface area (TPSA) is 74.6 Å². The van der Waals surface area contributed by atoms with E-state index in [1.165, 1.54) is 0 Å². The predicted molar refractivity (Wildman–Crippen MR) is 62.7 cm³/mol. The number of ether oxygens (including phenoxy) is 1. The van der Waals surface area contributed by atoms with Gasteiger partial charge in [-0.1, -0.05) is 11.6 Å². The van der Waals surface area contributed by atoms with E-state index in [9.17, 15) is 0 Å². The molecule has 0 aliphatic heterocycles. The van der Waals surface area contributed by atoms with Crippen molar-refractivity contribution in [3.05, 3.63) is 29.0 Å². The highest BCUT2D eigenvalue weighted by Gasteiger charge is 2.11. The summed E-state index contributed by atoms with van der Waals surface area (Å²) in [6.07, 6.45) is 0.197. The molecule has 0 spiro atoms. The van der Waals surface area contributed by atoms with E-state index >= 15 is 0 Å². The van der Waals surface area contributed by atoms with Crippen LogP contribution in [0.1, 0.15) is 5.82 Å². The maximum absolute atomic E-state index is 8.56. The van der Waals surface area contributed by atoms with Gasteiger partial charge in [0.1, 0.15) is 11.6 Å². The lowest BCUT2D eigenvalue weighted by Crippen LogP contribution is -1.89. The molecule has 0 aliphatic rings. The van der Waals surface area contributed by atoms with Crippen molar-refractivity contribution in [1.29, 1.82) is 5.26 Å². The Morgan fingerprint density at radius 2 is 2.35 bits per heavy atom. The number of methoxy groups -OCH3 is 1. The zero-order chi connectivity index (χ0) is 12.3. The second-order valence-corrected chi connectivity index (χ2v) is 3.72. The Balaban J connectivity index is 2.42. The highest BCUT2D eigenvalue weighted by molar-refractivity contribution is 6.30. The molecule has 1 heterocycles. The zero-order valence-electron chi connectivity index (χ0n) is 9.07. The van der Waals surface area contributed by atoms with Gasteiger partial charge in [0, 0.05) is 5.02 Å². The molecule has 2 aromatic rings. The minimum absolute atomic E-state index is 0.197.